The molecule has 1 N–H and O–H groups in total. The molecular weight excluding hydrogens is 280 g/mol. The van der Waals surface area contributed by atoms with E-state index in [4.69, 9.17) is 4.99 Å². The zero-order valence-corrected chi connectivity index (χ0v) is 13.4. The fourth-order valence-electron chi connectivity index (χ4n) is 2.55. The number of aryl methyl sites for hydroxylation is 2. The topological polar surface area (TPSA) is 42.2 Å². The Morgan fingerprint density at radius 2 is 2.10 bits per heavy atom. The Morgan fingerprint density at radius 3 is 2.76 bits per heavy atom. The maximum absolute atomic E-state index is 4.72. The summed E-state index contributed by atoms with van der Waals surface area (Å²) in [7, 11) is 1.98. The number of benzene rings is 1. The second kappa shape index (κ2) is 5.93. The molecule has 0 radical (unpaired) electrons. The van der Waals surface area contributed by atoms with Crippen molar-refractivity contribution in [1.29, 1.82) is 0 Å². The number of hydrogen-bond donors (Lipinski definition) is 1. The zero-order chi connectivity index (χ0) is 14.8. The molecule has 0 saturated carbocycles. The maximum atomic E-state index is 4.72. The van der Waals surface area contributed by atoms with Gasteiger partial charge in [-0.15, -0.1) is 0 Å². The number of aromatic nitrogens is 2. The molecule has 5 heteroatoms. The van der Waals surface area contributed by atoms with Crippen LogP contribution in [-0.2, 0) is 13.6 Å². The van der Waals surface area contributed by atoms with Crippen molar-refractivity contribution < 1.29 is 0 Å². The maximum Gasteiger partial charge on any atom is 0.157 e. The summed E-state index contributed by atoms with van der Waals surface area (Å²) in [6.07, 6.45) is 0. The molecule has 21 heavy (non-hydrogen) atoms. The average molecular weight is 300 g/mol. The molecule has 0 aliphatic carbocycles. The highest BCUT2D eigenvalue weighted by molar-refractivity contribution is 8.14. The normalized spacial score (nSPS) is 20.0. The summed E-state index contributed by atoms with van der Waals surface area (Å²) in [5, 5.41) is 8.98. The van der Waals surface area contributed by atoms with E-state index in [0.717, 1.165) is 16.6 Å². The van der Waals surface area contributed by atoms with E-state index < -0.39 is 0 Å². The highest BCUT2D eigenvalue weighted by Crippen LogP contribution is 2.26. The van der Waals surface area contributed by atoms with Gasteiger partial charge in [0.25, 0.3) is 0 Å². The van der Waals surface area contributed by atoms with Gasteiger partial charge in [0.05, 0.1) is 18.3 Å². The second-order valence-corrected chi connectivity index (χ2v) is 6.32. The molecule has 1 atom stereocenters. The smallest absolute Gasteiger partial charge is 0.157 e. The molecule has 0 bridgehead atoms. The van der Waals surface area contributed by atoms with Gasteiger partial charge in [-0.2, -0.15) is 5.10 Å². The minimum absolute atomic E-state index is 0.367. The first kappa shape index (κ1) is 14.2. The van der Waals surface area contributed by atoms with Gasteiger partial charge in [0.15, 0.2) is 5.17 Å². The Hall–Kier alpha value is -1.75. The van der Waals surface area contributed by atoms with Gasteiger partial charge in [-0.3, -0.25) is 9.67 Å². The predicted octanol–water partition coefficient (Wildman–Crippen LogP) is 2.97. The summed E-state index contributed by atoms with van der Waals surface area (Å²) in [6, 6.07) is 10.9. The molecule has 1 unspecified atom stereocenters. The molecule has 110 valence electrons. The summed E-state index contributed by atoms with van der Waals surface area (Å²) in [5.41, 5.74) is 4.82. The lowest BCUT2D eigenvalue weighted by molar-refractivity contribution is 0.729. The average Bonchev–Trinajstić information content (AvgIpc) is 3.05. The number of hydrogen-bond acceptors (Lipinski definition) is 3. The molecule has 0 amide bonds. The van der Waals surface area contributed by atoms with E-state index in [2.05, 4.69) is 47.7 Å². The zero-order valence-electron chi connectivity index (χ0n) is 12.6. The van der Waals surface area contributed by atoms with Gasteiger partial charge in [0.1, 0.15) is 0 Å². The predicted molar refractivity (Wildman–Crippen MR) is 88.6 cm³/mol. The van der Waals surface area contributed by atoms with Crippen molar-refractivity contribution in [1.82, 2.24) is 15.1 Å². The lowest BCUT2D eigenvalue weighted by atomic mass is 10.1. The van der Waals surface area contributed by atoms with Crippen LogP contribution in [0.3, 0.4) is 0 Å². The first-order chi connectivity index (χ1) is 10.1. The van der Waals surface area contributed by atoms with Crippen LogP contribution < -0.4 is 5.32 Å². The standard InChI is InChI=1S/C16H20N4S/c1-11-14(12(2)20(3)19-11)9-17-16-18-15(10-21-16)13-7-5-4-6-8-13/h4-8,15H,9-10H2,1-3H3,(H,17,18). The van der Waals surface area contributed by atoms with E-state index in [0.29, 0.717) is 12.6 Å². The summed E-state index contributed by atoms with van der Waals surface area (Å²) >= 11 is 1.79. The number of thioether (sulfide) groups is 1. The van der Waals surface area contributed by atoms with Crippen LogP contribution in [0.25, 0.3) is 0 Å². The van der Waals surface area contributed by atoms with Gasteiger partial charge < -0.3 is 5.32 Å². The van der Waals surface area contributed by atoms with Gasteiger partial charge in [-0.1, -0.05) is 42.1 Å². The van der Waals surface area contributed by atoms with Crippen LogP contribution in [0.15, 0.2) is 35.3 Å². The largest absolute Gasteiger partial charge is 0.357 e. The highest BCUT2D eigenvalue weighted by Gasteiger charge is 2.21. The first-order valence-corrected chi connectivity index (χ1v) is 8.11. The summed E-state index contributed by atoms with van der Waals surface area (Å²) < 4.78 is 1.92. The number of rotatable bonds is 3. The Balaban J connectivity index is 1.69. The van der Waals surface area contributed by atoms with Gasteiger partial charge in [0, 0.05) is 24.1 Å². The van der Waals surface area contributed by atoms with E-state index >= 15 is 0 Å². The molecular formula is C16H20N4S. The molecule has 4 nitrogen and oxygen atoms in total. The van der Waals surface area contributed by atoms with Crippen molar-refractivity contribution in [2.24, 2.45) is 12.0 Å². The number of aliphatic imine (C=N–C) groups is 1. The third kappa shape index (κ3) is 2.97. The van der Waals surface area contributed by atoms with Crippen molar-refractivity contribution in [2.75, 3.05) is 5.75 Å². The fourth-order valence-corrected chi connectivity index (χ4v) is 3.53. The molecule has 1 aliphatic heterocycles. The lowest BCUT2D eigenvalue weighted by Crippen LogP contribution is -2.19. The molecule has 1 fully saturated rings. The summed E-state index contributed by atoms with van der Waals surface area (Å²) in [4.78, 5) is 4.72. The van der Waals surface area contributed by atoms with E-state index in [-0.39, 0.29) is 0 Å². The Morgan fingerprint density at radius 1 is 1.33 bits per heavy atom. The van der Waals surface area contributed by atoms with Crippen molar-refractivity contribution >= 4 is 16.9 Å². The number of amidine groups is 1. The molecule has 0 spiro atoms. The van der Waals surface area contributed by atoms with Crippen molar-refractivity contribution in [3.63, 3.8) is 0 Å². The Bertz CT molecular complexity index is 660. The van der Waals surface area contributed by atoms with Crippen LogP contribution in [0.1, 0.15) is 28.6 Å². The molecule has 1 aromatic heterocycles. The van der Waals surface area contributed by atoms with Gasteiger partial charge >= 0.3 is 0 Å². The third-order valence-corrected chi connectivity index (χ3v) is 4.95. The van der Waals surface area contributed by atoms with Crippen molar-refractivity contribution in [3.05, 3.63) is 52.8 Å². The van der Waals surface area contributed by atoms with E-state index in [1.807, 2.05) is 18.7 Å². The van der Waals surface area contributed by atoms with Gasteiger partial charge in [-0.25, -0.2) is 0 Å². The minimum atomic E-state index is 0.367. The van der Waals surface area contributed by atoms with Crippen LogP contribution in [-0.4, -0.2) is 20.7 Å². The van der Waals surface area contributed by atoms with Gasteiger partial charge in [-0.05, 0) is 19.4 Å². The summed E-state index contributed by atoms with van der Waals surface area (Å²) in [6.45, 7) is 4.84. The number of nitrogens with zero attached hydrogens (tertiary/aromatic N) is 3. The molecule has 1 aromatic carbocycles. The van der Waals surface area contributed by atoms with Crippen molar-refractivity contribution in [3.8, 4) is 0 Å². The number of nitrogens with one attached hydrogen (secondary N) is 1. The van der Waals surface area contributed by atoms with Crippen molar-refractivity contribution in [2.45, 2.75) is 26.4 Å². The molecule has 2 aromatic rings. The SMILES string of the molecule is Cc1nn(C)c(C)c1CN=C1NC(c2ccccc2)CS1. The Kier molecular flexibility index (Phi) is 4.01. The van der Waals surface area contributed by atoms with Crippen LogP contribution in [0.2, 0.25) is 0 Å². The van der Waals surface area contributed by atoms with Crippen LogP contribution in [0.4, 0.5) is 0 Å². The van der Waals surface area contributed by atoms with Crippen LogP contribution in [0.5, 0.6) is 0 Å². The summed E-state index contributed by atoms with van der Waals surface area (Å²) in [5.74, 6) is 1.04. The Labute approximate surface area is 129 Å². The first-order valence-electron chi connectivity index (χ1n) is 7.13. The van der Waals surface area contributed by atoms with E-state index in [1.165, 1.54) is 16.8 Å². The third-order valence-electron chi connectivity index (χ3n) is 3.93. The fraction of sp³-hybridized carbons (Fsp3) is 0.375. The van der Waals surface area contributed by atoms with E-state index in [9.17, 15) is 0 Å². The van der Waals surface area contributed by atoms with E-state index in [1.54, 1.807) is 11.8 Å². The molecule has 1 saturated heterocycles. The lowest BCUT2D eigenvalue weighted by Gasteiger charge is -2.09. The quantitative estimate of drug-likeness (QED) is 0.947. The molecule has 2 heterocycles. The van der Waals surface area contributed by atoms with Crippen LogP contribution >= 0.6 is 11.8 Å². The monoisotopic (exact) mass is 300 g/mol. The minimum Gasteiger partial charge on any atom is -0.357 e. The highest BCUT2D eigenvalue weighted by atomic mass is 32.2. The van der Waals surface area contributed by atoms with Crippen LogP contribution in [0, 0.1) is 13.8 Å². The molecule has 1 aliphatic rings. The van der Waals surface area contributed by atoms with Gasteiger partial charge in [0.2, 0.25) is 0 Å². The molecule has 3 rings (SSSR count). The second-order valence-electron chi connectivity index (χ2n) is 5.31.